The third-order valence-electron chi connectivity index (χ3n) is 8.42. The average Bonchev–Trinajstić information content (AvgIpc) is 3.30. The monoisotopic (exact) mass is 569 g/mol. The highest BCUT2D eigenvalue weighted by atomic mass is 16.5. The van der Waals surface area contributed by atoms with E-state index in [1.54, 1.807) is 0 Å². The lowest BCUT2D eigenvalue weighted by atomic mass is 9.82. The molecule has 5 rings (SSSR count). The standard InChI is InChI=1S/C34H39N3O5/c1-37(20-23-11-3-2-4-12-23)21-31(33(40)35-30-18-10-5-13-24(30)19-32(38)39)36-34(41)42-22-29-27-16-8-6-14-25(27)26-15-7-9-17-28(26)29/h2-4,6-9,11-12,14-17,24,29-31H,5,10,13,18-22H2,1H3,(H,35,40)(H,36,41)(H,38,39)/t24-,30-,31?/m1/s1. The topological polar surface area (TPSA) is 108 Å². The summed E-state index contributed by atoms with van der Waals surface area (Å²) in [5, 5.41) is 15.3. The molecule has 0 aromatic heterocycles. The molecule has 0 spiro atoms. The van der Waals surface area contributed by atoms with Crippen molar-refractivity contribution in [1.29, 1.82) is 0 Å². The molecule has 3 atom stereocenters. The molecule has 0 radical (unpaired) electrons. The molecule has 1 unspecified atom stereocenters. The Hall–Kier alpha value is -4.17. The Labute approximate surface area is 247 Å². The lowest BCUT2D eigenvalue weighted by molar-refractivity contribution is -0.139. The van der Waals surface area contributed by atoms with Crippen molar-refractivity contribution >= 4 is 18.0 Å². The van der Waals surface area contributed by atoms with Crippen LogP contribution in [0, 0.1) is 5.92 Å². The summed E-state index contributed by atoms with van der Waals surface area (Å²) >= 11 is 0. The van der Waals surface area contributed by atoms with E-state index >= 15 is 0 Å². The maximum Gasteiger partial charge on any atom is 0.407 e. The van der Waals surface area contributed by atoms with Crippen molar-refractivity contribution in [2.75, 3.05) is 20.2 Å². The number of carbonyl (C=O) groups excluding carboxylic acids is 2. The van der Waals surface area contributed by atoms with Gasteiger partial charge < -0.3 is 20.5 Å². The maximum atomic E-state index is 13.6. The number of likely N-dealkylation sites (N-methyl/N-ethyl adjacent to an activating group) is 1. The van der Waals surface area contributed by atoms with Crippen LogP contribution in [0.15, 0.2) is 78.9 Å². The van der Waals surface area contributed by atoms with Gasteiger partial charge >= 0.3 is 12.1 Å². The molecule has 2 aliphatic carbocycles. The minimum atomic E-state index is -0.873. The molecule has 3 aromatic carbocycles. The van der Waals surface area contributed by atoms with E-state index in [0.717, 1.165) is 53.5 Å². The van der Waals surface area contributed by atoms with Crippen LogP contribution in [-0.4, -0.2) is 60.3 Å². The Morgan fingerprint density at radius 1 is 0.905 bits per heavy atom. The largest absolute Gasteiger partial charge is 0.481 e. The molecule has 0 bridgehead atoms. The fraction of sp³-hybridized carbons (Fsp3) is 0.382. The number of hydrogen-bond acceptors (Lipinski definition) is 5. The zero-order valence-corrected chi connectivity index (χ0v) is 24.0. The SMILES string of the molecule is CN(Cc1ccccc1)CC(NC(=O)OCC1c2ccccc2-c2ccccc21)C(=O)N[C@@H]1CCCC[C@@H]1CC(=O)O. The molecular formula is C34H39N3O5. The Morgan fingerprint density at radius 2 is 1.52 bits per heavy atom. The number of nitrogens with one attached hydrogen (secondary N) is 2. The number of nitrogens with zero attached hydrogens (tertiary/aromatic N) is 1. The van der Waals surface area contributed by atoms with Crippen molar-refractivity contribution in [3.63, 3.8) is 0 Å². The van der Waals surface area contributed by atoms with Crippen molar-refractivity contribution in [2.24, 2.45) is 5.92 Å². The summed E-state index contributed by atoms with van der Waals surface area (Å²) in [6.45, 7) is 1.01. The second-order valence-electron chi connectivity index (χ2n) is 11.5. The lowest BCUT2D eigenvalue weighted by Gasteiger charge is -2.33. The first kappa shape index (κ1) is 29.3. The third kappa shape index (κ3) is 7.18. The minimum Gasteiger partial charge on any atom is -0.481 e. The number of carbonyl (C=O) groups is 3. The van der Waals surface area contributed by atoms with E-state index < -0.39 is 18.1 Å². The Balaban J connectivity index is 1.26. The second-order valence-corrected chi connectivity index (χ2v) is 11.5. The molecular weight excluding hydrogens is 530 g/mol. The Bertz CT molecular complexity index is 1350. The summed E-state index contributed by atoms with van der Waals surface area (Å²) < 4.78 is 5.76. The number of alkyl carbamates (subject to hydrolysis) is 1. The fourth-order valence-electron chi connectivity index (χ4n) is 6.40. The highest BCUT2D eigenvalue weighted by Crippen LogP contribution is 2.44. The van der Waals surface area contributed by atoms with Crippen molar-refractivity contribution in [1.82, 2.24) is 15.5 Å². The normalized spacial score (nSPS) is 18.5. The van der Waals surface area contributed by atoms with Gasteiger partial charge in [-0.1, -0.05) is 91.7 Å². The van der Waals surface area contributed by atoms with Gasteiger partial charge in [0.2, 0.25) is 5.91 Å². The van der Waals surface area contributed by atoms with Crippen LogP contribution in [0.1, 0.15) is 54.7 Å². The zero-order valence-electron chi connectivity index (χ0n) is 24.0. The number of rotatable bonds is 11. The van der Waals surface area contributed by atoms with E-state index in [4.69, 9.17) is 4.74 Å². The molecule has 3 N–H and O–H groups in total. The van der Waals surface area contributed by atoms with E-state index in [9.17, 15) is 19.5 Å². The number of benzene rings is 3. The molecule has 0 aliphatic heterocycles. The van der Waals surface area contributed by atoms with Gasteiger partial charge in [0.25, 0.3) is 0 Å². The van der Waals surface area contributed by atoms with Crippen molar-refractivity contribution < 1.29 is 24.2 Å². The third-order valence-corrected chi connectivity index (χ3v) is 8.42. The Kier molecular flexibility index (Phi) is 9.54. The van der Waals surface area contributed by atoms with Gasteiger partial charge in [-0.15, -0.1) is 0 Å². The Morgan fingerprint density at radius 3 is 2.19 bits per heavy atom. The van der Waals surface area contributed by atoms with E-state index in [-0.39, 0.29) is 43.4 Å². The molecule has 3 aromatic rings. The van der Waals surface area contributed by atoms with Crippen LogP contribution in [0.2, 0.25) is 0 Å². The highest BCUT2D eigenvalue weighted by Gasteiger charge is 2.33. The van der Waals surface area contributed by atoms with Crippen molar-refractivity contribution in [3.8, 4) is 11.1 Å². The van der Waals surface area contributed by atoms with E-state index in [1.165, 1.54) is 0 Å². The summed E-state index contributed by atoms with van der Waals surface area (Å²) in [6.07, 6.45) is 2.72. The summed E-state index contributed by atoms with van der Waals surface area (Å²) in [4.78, 5) is 40.2. The molecule has 8 nitrogen and oxygen atoms in total. The zero-order chi connectivity index (χ0) is 29.5. The summed E-state index contributed by atoms with van der Waals surface area (Å²) in [5.74, 6) is -1.41. The smallest absolute Gasteiger partial charge is 0.407 e. The molecule has 42 heavy (non-hydrogen) atoms. The van der Waals surface area contributed by atoms with Crippen LogP contribution in [0.5, 0.6) is 0 Å². The highest BCUT2D eigenvalue weighted by molar-refractivity contribution is 5.86. The number of ether oxygens (including phenoxy) is 1. The van der Waals surface area contributed by atoms with Crippen LogP contribution in [0.3, 0.4) is 0 Å². The van der Waals surface area contributed by atoms with Gasteiger partial charge in [0.1, 0.15) is 12.6 Å². The van der Waals surface area contributed by atoms with E-state index in [1.807, 2.05) is 66.5 Å². The van der Waals surface area contributed by atoms with Gasteiger partial charge in [-0.3, -0.25) is 14.5 Å². The van der Waals surface area contributed by atoms with Gasteiger partial charge in [0, 0.05) is 25.0 Å². The van der Waals surface area contributed by atoms with Gasteiger partial charge in [0.15, 0.2) is 0 Å². The summed E-state index contributed by atoms with van der Waals surface area (Å²) in [7, 11) is 1.90. The van der Waals surface area contributed by atoms with E-state index in [0.29, 0.717) is 6.54 Å². The first-order valence-electron chi connectivity index (χ1n) is 14.7. The quantitative estimate of drug-likeness (QED) is 0.294. The number of carboxylic acid groups (broad SMARTS) is 1. The molecule has 8 heteroatoms. The first-order chi connectivity index (χ1) is 20.4. The molecule has 1 saturated carbocycles. The number of carboxylic acids is 1. The first-order valence-corrected chi connectivity index (χ1v) is 14.7. The second kappa shape index (κ2) is 13.7. The number of hydrogen-bond donors (Lipinski definition) is 3. The van der Waals surface area contributed by atoms with Crippen molar-refractivity contribution in [2.45, 2.75) is 56.7 Å². The summed E-state index contributed by atoms with van der Waals surface area (Å²) in [5.41, 5.74) is 5.61. The fourth-order valence-corrected chi connectivity index (χ4v) is 6.40. The number of amides is 2. The maximum absolute atomic E-state index is 13.6. The van der Waals surface area contributed by atoms with Gasteiger partial charge in [0.05, 0.1) is 6.42 Å². The van der Waals surface area contributed by atoms with Crippen LogP contribution in [-0.2, 0) is 20.9 Å². The number of fused-ring (bicyclic) bond motifs is 3. The molecule has 1 fully saturated rings. The van der Waals surface area contributed by atoms with Crippen LogP contribution in [0.25, 0.3) is 11.1 Å². The van der Waals surface area contributed by atoms with Crippen LogP contribution in [0.4, 0.5) is 4.79 Å². The average molecular weight is 570 g/mol. The van der Waals surface area contributed by atoms with E-state index in [2.05, 4.69) is 34.9 Å². The predicted octanol–water partition coefficient (Wildman–Crippen LogP) is 5.18. The molecule has 0 heterocycles. The summed E-state index contributed by atoms with van der Waals surface area (Å²) in [6, 6.07) is 25.1. The minimum absolute atomic E-state index is 0.0172. The molecule has 0 saturated heterocycles. The molecule has 220 valence electrons. The lowest BCUT2D eigenvalue weighted by Crippen LogP contribution is -2.55. The van der Waals surface area contributed by atoms with Gasteiger partial charge in [-0.2, -0.15) is 0 Å². The number of aliphatic carboxylic acids is 1. The van der Waals surface area contributed by atoms with Crippen molar-refractivity contribution in [3.05, 3.63) is 95.6 Å². The molecule has 2 amide bonds. The van der Waals surface area contributed by atoms with Gasteiger partial charge in [-0.05, 0) is 53.6 Å². The van der Waals surface area contributed by atoms with Crippen LogP contribution < -0.4 is 10.6 Å². The predicted molar refractivity (Wildman–Crippen MR) is 161 cm³/mol. The van der Waals surface area contributed by atoms with Gasteiger partial charge in [-0.25, -0.2) is 4.79 Å². The molecule has 2 aliphatic rings. The van der Waals surface area contributed by atoms with Crippen LogP contribution >= 0.6 is 0 Å².